The Morgan fingerprint density at radius 3 is 2.52 bits per heavy atom. The number of nitro benzene ring substituents is 1. The Labute approximate surface area is 120 Å². The number of rotatable bonds is 4. The molecule has 0 saturated heterocycles. The van der Waals surface area contributed by atoms with Gasteiger partial charge in [-0.3, -0.25) is 19.9 Å². The molecule has 1 aromatic heterocycles. The van der Waals surface area contributed by atoms with Crippen molar-refractivity contribution in [2.45, 2.75) is 6.92 Å². The van der Waals surface area contributed by atoms with Gasteiger partial charge in [-0.25, -0.2) is 5.43 Å². The maximum Gasteiger partial charge on any atom is 0.271 e. The third-order valence-corrected chi connectivity index (χ3v) is 2.70. The van der Waals surface area contributed by atoms with Gasteiger partial charge in [0.05, 0.1) is 16.3 Å². The molecule has 1 N–H and O–H groups in total. The fourth-order valence-corrected chi connectivity index (χ4v) is 1.57. The largest absolute Gasteiger partial charge is 0.271 e. The van der Waals surface area contributed by atoms with E-state index in [0.29, 0.717) is 11.4 Å². The van der Waals surface area contributed by atoms with Crippen LogP contribution in [0.15, 0.2) is 53.8 Å². The summed E-state index contributed by atoms with van der Waals surface area (Å²) in [5.41, 5.74) is 3.82. The van der Waals surface area contributed by atoms with Gasteiger partial charge in [0.25, 0.3) is 11.6 Å². The zero-order valence-corrected chi connectivity index (χ0v) is 11.2. The van der Waals surface area contributed by atoms with Crippen LogP contribution in [0.1, 0.15) is 23.0 Å². The lowest BCUT2D eigenvalue weighted by molar-refractivity contribution is -0.384. The van der Waals surface area contributed by atoms with E-state index in [1.807, 2.05) is 6.07 Å². The van der Waals surface area contributed by atoms with Crippen molar-refractivity contribution in [2.75, 3.05) is 0 Å². The molecular formula is C14H12N4O3. The highest BCUT2D eigenvalue weighted by molar-refractivity contribution is 5.99. The number of non-ortho nitro benzene ring substituents is 1. The van der Waals surface area contributed by atoms with E-state index in [9.17, 15) is 14.9 Å². The van der Waals surface area contributed by atoms with Crippen molar-refractivity contribution in [3.05, 3.63) is 70.0 Å². The molecule has 2 aromatic rings. The van der Waals surface area contributed by atoms with Crippen LogP contribution in [0.5, 0.6) is 0 Å². The first-order valence-electron chi connectivity index (χ1n) is 6.08. The van der Waals surface area contributed by atoms with Gasteiger partial charge in [0.1, 0.15) is 0 Å². The first-order chi connectivity index (χ1) is 10.1. The Bertz CT molecular complexity index is 681. The number of pyridine rings is 1. The molecule has 0 atom stereocenters. The van der Waals surface area contributed by atoms with E-state index in [1.54, 1.807) is 25.3 Å². The second-order valence-electron chi connectivity index (χ2n) is 4.16. The third kappa shape index (κ3) is 3.69. The molecule has 0 bridgehead atoms. The third-order valence-electron chi connectivity index (χ3n) is 2.70. The van der Waals surface area contributed by atoms with E-state index in [0.717, 1.165) is 0 Å². The summed E-state index contributed by atoms with van der Waals surface area (Å²) < 4.78 is 0. The molecule has 106 valence electrons. The van der Waals surface area contributed by atoms with Crippen molar-refractivity contribution in [1.82, 2.24) is 10.4 Å². The Morgan fingerprint density at radius 1 is 1.24 bits per heavy atom. The molecule has 0 fully saturated rings. The average molecular weight is 284 g/mol. The number of hydrazone groups is 1. The number of carbonyl (C=O) groups is 1. The Kier molecular flexibility index (Phi) is 4.35. The number of hydrogen-bond donors (Lipinski definition) is 1. The summed E-state index contributed by atoms with van der Waals surface area (Å²) in [6.45, 7) is 1.72. The quantitative estimate of drug-likeness (QED) is 0.528. The summed E-state index contributed by atoms with van der Waals surface area (Å²) in [6.07, 6.45) is 1.63. The van der Waals surface area contributed by atoms with Gasteiger partial charge >= 0.3 is 0 Å². The highest BCUT2D eigenvalue weighted by Gasteiger charge is 2.09. The molecule has 7 heteroatoms. The zero-order valence-electron chi connectivity index (χ0n) is 11.2. The second kappa shape index (κ2) is 6.38. The number of hydrogen-bond acceptors (Lipinski definition) is 5. The van der Waals surface area contributed by atoms with Crippen LogP contribution in [0.25, 0.3) is 0 Å². The molecule has 21 heavy (non-hydrogen) atoms. The van der Waals surface area contributed by atoms with E-state index in [-0.39, 0.29) is 11.3 Å². The van der Waals surface area contributed by atoms with Gasteiger partial charge in [-0.1, -0.05) is 6.07 Å². The molecule has 0 aliphatic carbocycles. The maximum atomic E-state index is 11.9. The molecule has 1 heterocycles. The van der Waals surface area contributed by atoms with E-state index in [4.69, 9.17) is 0 Å². The first kappa shape index (κ1) is 14.3. The average Bonchev–Trinajstić information content (AvgIpc) is 2.53. The zero-order chi connectivity index (χ0) is 15.2. The Balaban J connectivity index is 2.06. The van der Waals surface area contributed by atoms with Crippen molar-refractivity contribution in [1.29, 1.82) is 0 Å². The van der Waals surface area contributed by atoms with Crippen LogP contribution in [0.4, 0.5) is 5.69 Å². The van der Waals surface area contributed by atoms with E-state index in [1.165, 1.54) is 24.3 Å². The van der Waals surface area contributed by atoms with Gasteiger partial charge in [0, 0.05) is 23.9 Å². The van der Waals surface area contributed by atoms with E-state index < -0.39 is 10.8 Å². The van der Waals surface area contributed by atoms with Gasteiger partial charge < -0.3 is 0 Å². The Hall–Kier alpha value is -3.09. The second-order valence-corrected chi connectivity index (χ2v) is 4.16. The van der Waals surface area contributed by atoms with E-state index in [2.05, 4.69) is 15.5 Å². The van der Waals surface area contributed by atoms with Crippen LogP contribution < -0.4 is 5.43 Å². The lowest BCUT2D eigenvalue weighted by Gasteiger charge is -2.02. The fraction of sp³-hybridized carbons (Fsp3) is 0.0714. The van der Waals surface area contributed by atoms with Gasteiger partial charge in [0.15, 0.2) is 0 Å². The van der Waals surface area contributed by atoms with Gasteiger partial charge in [-0.15, -0.1) is 0 Å². The summed E-state index contributed by atoms with van der Waals surface area (Å²) >= 11 is 0. The van der Waals surface area contributed by atoms with Crippen LogP contribution in [0.3, 0.4) is 0 Å². The lowest BCUT2D eigenvalue weighted by Crippen LogP contribution is -2.19. The van der Waals surface area contributed by atoms with Crippen LogP contribution >= 0.6 is 0 Å². The van der Waals surface area contributed by atoms with Crippen molar-refractivity contribution in [2.24, 2.45) is 5.10 Å². The number of nitrogens with one attached hydrogen (secondary N) is 1. The summed E-state index contributed by atoms with van der Waals surface area (Å²) in [4.78, 5) is 26.0. The Morgan fingerprint density at radius 2 is 1.95 bits per heavy atom. The van der Waals surface area contributed by atoms with Crippen molar-refractivity contribution in [3.63, 3.8) is 0 Å². The van der Waals surface area contributed by atoms with Crippen LogP contribution in [0, 0.1) is 10.1 Å². The van der Waals surface area contributed by atoms with Crippen LogP contribution in [-0.2, 0) is 0 Å². The van der Waals surface area contributed by atoms with Gasteiger partial charge in [0.2, 0.25) is 0 Å². The molecule has 1 aromatic carbocycles. The minimum atomic E-state index is -0.523. The predicted octanol–water partition coefficient (Wildman–Crippen LogP) is 2.14. The van der Waals surface area contributed by atoms with Crippen LogP contribution in [0.2, 0.25) is 0 Å². The normalized spacial score (nSPS) is 11.0. The summed E-state index contributed by atoms with van der Waals surface area (Å²) in [5.74, 6) is -0.444. The van der Waals surface area contributed by atoms with Crippen LogP contribution in [-0.4, -0.2) is 21.5 Å². The summed E-state index contributed by atoms with van der Waals surface area (Å²) in [7, 11) is 0. The summed E-state index contributed by atoms with van der Waals surface area (Å²) in [6, 6.07) is 10.7. The number of carbonyl (C=O) groups excluding carboxylic acids is 1. The smallest absolute Gasteiger partial charge is 0.267 e. The van der Waals surface area contributed by atoms with Crippen molar-refractivity contribution >= 4 is 17.3 Å². The minimum absolute atomic E-state index is 0.0697. The number of nitrogens with zero attached hydrogens (tertiary/aromatic N) is 3. The van der Waals surface area contributed by atoms with Crippen molar-refractivity contribution in [3.8, 4) is 0 Å². The SMILES string of the molecule is CC(=NNC(=O)c1ccc([N+](=O)[O-])cc1)c1ccccn1. The highest BCUT2D eigenvalue weighted by Crippen LogP contribution is 2.11. The molecule has 7 nitrogen and oxygen atoms in total. The molecular weight excluding hydrogens is 272 g/mol. The molecule has 0 aliphatic heterocycles. The van der Waals surface area contributed by atoms with E-state index >= 15 is 0 Å². The number of amides is 1. The van der Waals surface area contributed by atoms with Gasteiger partial charge in [-0.2, -0.15) is 5.10 Å². The molecule has 2 rings (SSSR count). The maximum absolute atomic E-state index is 11.9. The molecule has 0 aliphatic rings. The molecule has 0 spiro atoms. The lowest BCUT2D eigenvalue weighted by atomic mass is 10.2. The first-order valence-corrected chi connectivity index (χ1v) is 6.08. The van der Waals surface area contributed by atoms with Gasteiger partial charge in [-0.05, 0) is 31.2 Å². The molecule has 1 amide bonds. The number of nitro groups is 1. The van der Waals surface area contributed by atoms with Crippen molar-refractivity contribution < 1.29 is 9.72 Å². The number of aromatic nitrogens is 1. The number of benzene rings is 1. The topological polar surface area (TPSA) is 97.5 Å². The monoisotopic (exact) mass is 284 g/mol. The molecule has 0 radical (unpaired) electrons. The summed E-state index contributed by atoms with van der Waals surface area (Å²) in [5, 5.41) is 14.5. The molecule has 0 unspecified atom stereocenters. The standard InChI is InChI=1S/C14H12N4O3/c1-10(13-4-2-3-9-15-13)16-17-14(19)11-5-7-12(8-6-11)18(20)21/h2-9H,1H3,(H,17,19). The molecule has 0 saturated carbocycles. The fourth-order valence-electron chi connectivity index (χ4n) is 1.57. The minimum Gasteiger partial charge on any atom is -0.267 e. The highest BCUT2D eigenvalue weighted by atomic mass is 16.6. The predicted molar refractivity (Wildman–Crippen MR) is 77.0 cm³/mol.